The number of rotatable bonds is 1. The number of nitrogens with zero attached hydrogens (tertiary/aromatic N) is 1. The fraction of sp³-hybridized carbons (Fsp3) is 0.750. The molecule has 1 heterocycles. The lowest BCUT2D eigenvalue weighted by Gasteiger charge is -2.32. The van der Waals surface area contributed by atoms with Gasteiger partial charge in [-0.25, -0.2) is 0 Å². The minimum atomic E-state index is 0.546. The highest BCUT2D eigenvalue weighted by molar-refractivity contribution is 4.84. The molecule has 0 radical (unpaired) electrons. The molecule has 1 aliphatic heterocycles. The molecule has 0 aromatic heterocycles. The molecule has 0 aliphatic carbocycles. The summed E-state index contributed by atoms with van der Waals surface area (Å²) in [5.74, 6) is 0. The standard InChI is InChI=1S/C8H15NO/c1-3-4-9-5-6-10-7-8(9)2/h3-4,8H,5-7H2,1-2H3. The monoisotopic (exact) mass is 141 g/mol. The number of morpholine rings is 1. The van der Waals surface area contributed by atoms with E-state index in [1.807, 2.05) is 6.92 Å². The first-order valence-electron chi connectivity index (χ1n) is 3.81. The van der Waals surface area contributed by atoms with Crippen molar-refractivity contribution in [3.63, 3.8) is 0 Å². The molecule has 1 saturated heterocycles. The van der Waals surface area contributed by atoms with E-state index in [4.69, 9.17) is 4.74 Å². The van der Waals surface area contributed by atoms with Crippen molar-refractivity contribution >= 4 is 0 Å². The Kier molecular flexibility index (Phi) is 2.75. The molecule has 0 spiro atoms. The van der Waals surface area contributed by atoms with Crippen LogP contribution in [-0.4, -0.2) is 30.7 Å². The zero-order valence-corrected chi connectivity index (χ0v) is 6.71. The van der Waals surface area contributed by atoms with Gasteiger partial charge < -0.3 is 9.64 Å². The Balaban J connectivity index is 2.39. The van der Waals surface area contributed by atoms with Gasteiger partial charge in [0.05, 0.1) is 13.2 Å². The van der Waals surface area contributed by atoms with Crippen molar-refractivity contribution < 1.29 is 4.74 Å². The van der Waals surface area contributed by atoms with Crippen molar-refractivity contribution in [1.82, 2.24) is 4.90 Å². The van der Waals surface area contributed by atoms with Gasteiger partial charge in [0.15, 0.2) is 0 Å². The van der Waals surface area contributed by atoms with Gasteiger partial charge in [-0.3, -0.25) is 0 Å². The molecule has 58 valence electrons. The van der Waals surface area contributed by atoms with Crippen molar-refractivity contribution in [2.75, 3.05) is 19.8 Å². The highest BCUT2D eigenvalue weighted by atomic mass is 16.5. The van der Waals surface area contributed by atoms with E-state index in [1.165, 1.54) is 0 Å². The van der Waals surface area contributed by atoms with Crippen LogP contribution < -0.4 is 0 Å². The second-order valence-corrected chi connectivity index (χ2v) is 2.64. The van der Waals surface area contributed by atoms with Gasteiger partial charge in [-0.15, -0.1) is 0 Å². The first kappa shape index (κ1) is 7.61. The maximum Gasteiger partial charge on any atom is 0.0667 e. The number of ether oxygens (including phenoxy) is 1. The summed E-state index contributed by atoms with van der Waals surface area (Å²) in [7, 11) is 0. The average Bonchev–Trinajstić information content (AvgIpc) is 1.94. The average molecular weight is 141 g/mol. The summed E-state index contributed by atoms with van der Waals surface area (Å²) in [5.41, 5.74) is 0. The van der Waals surface area contributed by atoms with Crippen molar-refractivity contribution in [1.29, 1.82) is 0 Å². The summed E-state index contributed by atoms with van der Waals surface area (Å²) < 4.78 is 5.28. The first-order valence-corrected chi connectivity index (χ1v) is 3.81. The van der Waals surface area contributed by atoms with Gasteiger partial charge in [0, 0.05) is 12.6 Å². The third kappa shape index (κ3) is 1.74. The van der Waals surface area contributed by atoms with Gasteiger partial charge >= 0.3 is 0 Å². The van der Waals surface area contributed by atoms with Gasteiger partial charge in [-0.1, -0.05) is 6.08 Å². The van der Waals surface area contributed by atoms with Gasteiger partial charge in [-0.05, 0) is 20.0 Å². The van der Waals surface area contributed by atoms with Crippen molar-refractivity contribution in [3.05, 3.63) is 12.3 Å². The largest absolute Gasteiger partial charge is 0.377 e. The summed E-state index contributed by atoms with van der Waals surface area (Å²) in [5, 5.41) is 0. The zero-order chi connectivity index (χ0) is 7.40. The van der Waals surface area contributed by atoms with Gasteiger partial charge in [-0.2, -0.15) is 0 Å². The Hall–Kier alpha value is -0.500. The smallest absolute Gasteiger partial charge is 0.0667 e. The van der Waals surface area contributed by atoms with E-state index >= 15 is 0 Å². The van der Waals surface area contributed by atoms with E-state index in [-0.39, 0.29) is 0 Å². The van der Waals surface area contributed by atoms with Gasteiger partial charge in [0.1, 0.15) is 0 Å². The number of allylic oxidation sites excluding steroid dienone is 1. The lowest BCUT2D eigenvalue weighted by molar-refractivity contribution is 0.0232. The van der Waals surface area contributed by atoms with Crippen LogP contribution in [0, 0.1) is 0 Å². The third-order valence-electron chi connectivity index (χ3n) is 1.76. The molecular weight excluding hydrogens is 126 g/mol. The van der Waals surface area contributed by atoms with Gasteiger partial charge in [0.2, 0.25) is 0 Å². The highest BCUT2D eigenvalue weighted by Gasteiger charge is 2.13. The Bertz CT molecular complexity index is 122. The third-order valence-corrected chi connectivity index (χ3v) is 1.76. The summed E-state index contributed by atoms with van der Waals surface area (Å²) in [4.78, 5) is 2.31. The maximum absolute atomic E-state index is 5.28. The zero-order valence-electron chi connectivity index (χ0n) is 6.71. The molecule has 2 nitrogen and oxygen atoms in total. The molecule has 0 aromatic carbocycles. The minimum Gasteiger partial charge on any atom is -0.377 e. The van der Waals surface area contributed by atoms with Crippen LogP contribution in [0.1, 0.15) is 13.8 Å². The van der Waals surface area contributed by atoms with E-state index in [1.54, 1.807) is 0 Å². The van der Waals surface area contributed by atoms with E-state index in [0.29, 0.717) is 6.04 Å². The second kappa shape index (κ2) is 3.62. The van der Waals surface area contributed by atoms with Crippen LogP contribution in [0.2, 0.25) is 0 Å². The predicted octanol–water partition coefficient (Wildman–Crippen LogP) is 1.24. The first-order chi connectivity index (χ1) is 4.84. The molecule has 1 aliphatic rings. The Morgan fingerprint density at radius 2 is 2.40 bits per heavy atom. The molecule has 0 bridgehead atoms. The Morgan fingerprint density at radius 3 is 3.00 bits per heavy atom. The van der Waals surface area contributed by atoms with Crippen molar-refractivity contribution in [2.45, 2.75) is 19.9 Å². The summed E-state index contributed by atoms with van der Waals surface area (Å²) in [6.45, 7) is 6.99. The molecule has 2 heteroatoms. The van der Waals surface area contributed by atoms with Crippen LogP contribution in [0.25, 0.3) is 0 Å². The highest BCUT2D eigenvalue weighted by Crippen LogP contribution is 2.05. The van der Waals surface area contributed by atoms with Crippen LogP contribution in [0.3, 0.4) is 0 Å². The molecule has 1 atom stereocenters. The van der Waals surface area contributed by atoms with Crippen LogP contribution in [-0.2, 0) is 4.74 Å². The van der Waals surface area contributed by atoms with Crippen LogP contribution >= 0.6 is 0 Å². The fourth-order valence-electron chi connectivity index (χ4n) is 1.15. The van der Waals surface area contributed by atoms with E-state index in [0.717, 1.165) is 19.8 Å². The maximum atomic E-state index is 5.28. The lowest BCUT2D eigenvalue weighted by Crippen LogP contribution is -2.39. The normalized spacial score (nSPS) is 27.8. The van der Waals surface area contributed by atoms with E-state index < -0.39 is 0 Å². The van der Waals surface area contributed by atoms with Crippen LogP contribution in [0.15, 0.2) is 12.3 Å². The molecular formula is C8H15NO. The summed E-state index contributed by atoms with van der Waals surface area (Å²) >= 11 is 0. The molecule has 0 saturated carbocycles. The number of hydrogen-bond donors (Lipinski definition) is 0. The summed E-state index contributed by atoms with van der Waals surface area (Å²) in [6, 6.07) is 0.546. The summed E-state index contributed by atoms with van der Waals surface area (Å²) in [6.07, 6.45) is 4.20. The lowest BCUT2D eigenvalue weighted by atomic mass is 10.3. The molecule has 1 rings (SSSR count). The Morgan fingerprint density at radius 1 is 1.60 bits per heavy atom. The molecule has 1 unspecified atom stereocenters. The Labute approximate surface area is 62.5 Å². The van der Waals surface area contributed by atoms with Gasteiger partial charge in [0.25, 0.3) is 0 Å². The van der Waals surface area contributed by atoms with Crippen LogP contribution in [0.4, 0.5) is 0 Å². The molecule has 10 heavy (non-hydrogen) atoms. The molecule has 1 fully saturated rings. The minimum absolute atomic E-state index is 0.546. The molecule has 0 N–H and O–H groups in total. The van der Waals surface area contributed by atoms with Crippen molar-refractivity contribution in [3.8, 4) is 0 Å². The van der Waals surface area contributed by atoms with E-state index in [2.05, 4.69) is 24.1 Å². The fourth-order valence-corrected chi connectivity index (χ4v) is 1.15. The quantitative estimate of drug-likeness (QED) is 0.544. The second-order valence-electron chi connectivity index (χ2n) is 2.64. The molecule has 0 aromatic rings. The predicted molar refractivity (Wildman–Crippen MR) is 41.8 cm³/mol. The van der Waals surface area contributed by atoms with Crippen molar-refractivity contribution in [2.24, 2.45) is 0 Å². The topological polar surface area (TPSA) is 12.5 Å². The van der Waals surface area contributed by atoms with Crippen LogP contribution in [0.5, 0.6) is 0 Å². The number of hydrogen-bond acceptors (Lipinski definition) is 2. The van der Waals surface area contributed by atoms with E-state index in [9.17, 15) is 0 Å². The molecule has 0 amide bonds. The SMILES string of the molecule is CC=CN1CCOCC1C.